The highest BCUT2D eigenvalue weighted by Crippen LogP contribution is 2.22. The molecule has 2 saturated heterocycles. The monoisotopic (exact) mass is 239 g/mol. The van der Waals surface area contributed by atoms with E-state index in [1.807, 2.05) is 18.7 Å². The lowest BCUT2D eigenvalue weighted by Crippen LogP contribution is -2.44. The molecule has 0 aromatic carbocycles. The summed E-state index contributed by atoms with van der Waals surface area (Å²) in [5, 5.41) is 0. The van der Waals surface area contributed by atoms with E-state index in [-0.39, 0.29) is 5.91 Å². The van der Waals surface area contributed by atoms with Gasteiger partial charge in [0.25, 0.3) is 0 Å². The Morgan fingerprint density at radius 1 is 1.29 bits per heavy atom. The summed E-state index contributed by atoms with van der Waals surface area (Å²) in [5.41, 5.74) is 5.54. The van der Waals surface area contributed by atoms with E-state index >= 15 is 0 Å². The second-order valence-corrected chi connectivity index (χ2v) is 6.19. The van der Waals surface area contributed by atoms with Gasteiger partial charge in [-0.3, -0.25) is 9.69 Å². The van der Waals surface area contributed by atoms with E-state index in [2.05, 4.69) is 4.90 Å². The molecule has 4 heteroatoms. The fourth-order valence-corrected chi connectivity index (χ4v) is 2.93. The third-order valence-electron chi connectivity index (χ3n) is 3.76. The van der Waals surface area contributed by atoms with Crippen LogP contribution in [0.2, 0.25) is 0 Å². The first-order valence-electron chi connectivity index (χ1n) is 6.76. The average molecular weight is 239 g/mol. The molecule has 2 fully saturated rings. The van der Waals surface area contributed by atoms with Crippen molar-refractivity contribution in [2.75, 3.05) is 26.2 Å². The normalized spacial score (nSPS) is 26.8. The minimum atomic E-state index is -0.390. The van der Waals surface area contributed by atoms with Gasteiger partial charge in [-0.05, 0) is 39.7 Å². The van der Waals surface area contributed by atoms with Crippen LogP contribution >= 0.6 is 0 Å². The highest BCUT2D eigenvalue weighted by Gasteiger charge is 2.31. The Morgan fingerprint density at radius 2 is 2.00 bits per heavy atom. The first-order valence-corrected chi connectivity index (χ1v) is 6.76. The predicted molar refractivity (Wildman–Crippen MR) is 68.7 cm³/mol. The quantitative estimate of drug-likeness (QED) is 0.776. The standard InChI is InChI=1S/C13H25N3O/c1-13(2,14)9-12(17)16-8-4-7-15-6-3-5-11(15)10-16/h11H,3-10,14H2,1-2H3. The highest BCUT2D eigenvalue weighted by molar-refractivity contribution is 5.77. The molecule has 0 saturated carbocycles. The molecule has 2 rings (SSSR count). The van der Waals surface area contributed by atoms with Crippen molar-refractivity contribution in [3.05, 3.63) is 0 Å². The number of fused-ring (bicyclic) bond motifs is 1. The molecule has 2 aliphatic heterocycles. The molecule has 4 nitrogen and oxygen atoms in total. The first kappa shape index (κ1) is 12.8. The maximum Gasteiger partial charge on any atom is 0.224 e. The van der Waals surface area contributed by atoms with Crippen LogP contribution in [0.5, 0.6) is 0 Å². The van der Waals surface area contributed by atoms with Crippen LogP contribution in [0, 0.1) is 0 Å². The van der Waals surface area contributed by atoms with Crippen LogP contribution in [0.15, 0.2) is 0 Å². The molecule has 2 aliphatic rings. The van der Waals surface area contributed by atoms with Crippen molar-refractivity contribution in [1.29, 1.82) is 0 Å². The van der Waals surface area contributed by atoms with Gasteiger partial charge in [0.2, 0.25) is 5.91 Å². The van der Waals surface area contributed by atoms with Crippen LogP contribution in [0.4, 0.5) is 0 Å². The molecule has 0 spiro atoms. The molecule has 1 unspecified atom stereocenters. The summed E-state index contributed by atoms with van der Waals surface area (Å²) in [6.45, 7) is 8.03. The Balaban J connectivity index is 1.94. The van der Waals surface area contributed by atoms with Crippen LogP contribution in [0.3, 0.4) is 0 Å². The maximum absolute atomic E-state index is 12.2. The Morgan fingerprint density at radius 3 is 2.71 bits per heavy atom. The van der Waals surface area contributed by atoms with Crippen molar-refractivity contribution in [2.45, 2.75) is 51.1 Å². The molecular weight excluding hydrogens is 214 g/mol. The van der Waals surface area contributed by atoms with Crippen molar-refractivity contribution >= 4 is 5.91 Å². The van der Waals surface area contributed by atoms with E-state index in [4.69, 9.17) is 5.73 Å². The third kappa shape index (κ3) is 3.42. The van der Waals surface area contributed by atoms with Crippen molar-refractivity contribution < 1.29 is 4.79 Å². The van der Waals surface area contributed by atoms with Crippen LogP contribution < -0.4 is 5.73 Å². The third-order valence-corrected chi connectivity index (χ3v) is 3.76. The molecule has 17 heavy (non-hydrogen) atoms. The van der Waals surface area contributed by atoms with Gasteiger partial charge in [-0.15, -0.1) is 0 Å². The highest BCUT2D eigenvalue weighted by atomic mass is 16.2. The fraction of sp³-hybridized carbons (Fsp3) is 0.923. The van der Waals surface area contributed by atoms with Crippen molar-refractivity contribution in [3.8, 4) is 0 Å². The van der Waals surface area contributed by atoms with E-state index in [9.17, 15) is 4.79 Å². The predicted octanol–water partition coefficient (Wildman–Crippen LogP) is 0.811. The summed E-state index contributed by atoms with van der Waals surface area (Å²) in [6, 6.07) is 0.599. The SMILES string of the molecule is CC(C)(N)CC(=O)N1CCCN2CCCC2C1. The van der Waals surface area contributed by atoms with Gasteiger partial charge in [0.05, 0.1) is 0 Å². The lowest BCUT2D eigenvalue weighted by Gasteiger charge is -2.28. The van der Waals surface area contributed by atoms with Gasteiger partial charge in [0.1, 0.15) is 0 Å². The topological polar surface area (TPSA) is 49.6 Å². The van der Waals surface area contributed by atoms with Gasteiger partial charge >= 0.3 is 0 Å². The summed E-state index contributed by atoms with van der Waals surface area (Å²) in [4.78, 5) is 16.8. The van der Waals surface area contributed by atoms with Crippen LogP contribution in [-0.2, 0) is 4.79 Å². The number of hydrogen-bond donors (Lipinski definition) is 1. The first-order chi connectivity index (χ1) is 7.96. The van der Waals surface area contributed by atoms with Gasteiger partial charge in [0, 0.05) is 37.6 Å². The second-order valence-electron chi connectivity index (χ2n) is 6.19. The lowest BCUT2D eigenvalue weighted by atomic mass is 10.0. The largest absolute Gasteiger partial charge is 0.341 e. The molecule has 0 bridgehead atoms. The van der Waals surface area contributed by atoms with Gasteiger partial charge in [0.15, 0.2) is 0 Å². The van der Waals surface area contributed by atoms with Gasteiger partial charge in [-0.1, -0.05) is 0 Å². The molecule has 0 aromatic heterocycles. The molecule has 2 heterocycles. The number of amides is 1. The molecule has 0 aliphatic carbocycles. The zero-order valence-corrected chi connectivity index (χ0v) is 11.1. The van der Waals surface area contributed by atoms with E-state index in [1.165, 1.54) is 19.4 Å². The van der Waals surface area contributed by atoms with Gasteiger partial charge < -0.3 is 10.6 Å². The van der Waals surface area contributed by atoms with E-state index in [1.54, 1.807) is 0 Å². The van der Waals surface area contributed by atoms with Gasteiger partial charge in [-0.2, -0.15) is 0 Å². The Labute approximate surface area is 104 Å². The number of nitrogens with zero attached hydrogens (tertiary/aromatic N) is 2. The molecule has 2 N–H and O–H groups in total. The number of carbonyl (C=O) groups is 1. The fourth-order valence-electron chi connectivity index (χ4n) is 2.93. The van der Waals surface area contributed by atoms with Crippen LogP contribution in [0.1, 0.15) is 39.5 Å². The zero-order valence-electron chi connectivity index (χ0n) is 11.1. The van der Waals surface area contributed by atoms with Gasteiger partial charge in [-0.25, -0.2) is 0 Å². The second kappa shape index (κ2) is 4.94. The van der Waals surface area contributed by atoms with Crippen molar-refractivity contribution in [3.63, 3.8) is 0 Å². The van der Waals surface area contributed by atoms with E-state index in [0.717, 1.165) is 26.1 Å². The number of hydrogen-bond acceptors (Lipinski definition) is 3. The average Bonchev–Trinajstić information content (AvgIpc) is 2.53. The Bertz CT molecular complexity index is 285. The van der Waals surface area contributed by atoms with Crippen LogP contribution in [0.25, 0.3) is 0 Å². The smallest absolute Gasteiger partial charge is 0.224 e. The summed E-state index contributed by atoms with van der Waals surface area (Å²) < 4.78 is 0. The molecule has 0 aromatic rings. The summed E-state index contributed by atoms with van der Waals surface area (Å²) in [7, 11) is 0. The van der Waals surface area contributed by atoms with Crippen molar-refractivity contribution in [2.24, 2.45) is 5.73 Å². The molecule has 0 radical (unpaired) electrons. The molecule has 1 amide bonds. The Hall–Kier alpha value is -0.610. The van der Waals surface area contributed by atoms with Crippen molar-refractivity contribution in [1.82, 2.24) is 9.80 Å². The maximum atomic E-state index is 12.2. The lowest BCUT2D eigenvalue weighted by molar-refractivity contribution is -0.132. The number of rotatable bonds is 2. The van der Waals surface area contributed by atoms with E-state index in [0.29, 0.717) is 12.5 Å². The molecule has 98 valence electrons. The Kier molecular flexibility index (Phi) is 3.73. The minimum absolute atomic E-state index is 0.228. The minimum Gasteiger partial charge on any atom is -0.341 e. The summed E-state index contributed by atoms with van der Waals surface area (Å²) in [5.74, 6) is 0.228. The number of nitrogens with two attached hydrogens (primary N) is 1. The zero-order chi connectivity index (χ0) is 12.5. The molecule has 1 atom stereocenters. The molecular formula is C13H25N3O. The summed E-state index contributed by atoms with van der Waals surface area (Å²) >= 11 is 0. The van der Waals surface area contributed by atoms with Crippen LogP contribution in [-0.4, -0.2) is 53.5 Å². The van der Waals surface area contributed by atoms with E-state index < -0.39 is 5.54 Å². The summed E-state index contributed by atoms with van der Waals surface area (Å²) in [6.07, 6.45) is 4.10. The number of carbonyl (C=O) groups excluding carboxylic acids is 1.